The number of amides is 1. The molecule has 0 atom stereocenters. The first-order valence-electron chi connectivity index (χ1n) is 10.6. The Morgan fingerprint density at radius 2 is 2.06 bits per heavy atom. The maximum Gasteiger partial charge on any atom is 0.318 e. The first kappa shape index (κ1) is 20.5. The number of aromatic nitrogens is 5. The summed E-state index contributed by atoms with van der Waals surface area (Å²) in [6.07, 6.45) is 3.11. The standard InChI is InChI=1S/C21H23F2N7O2/c1-32-20-25-15(19(31)30-10-6-21(22,23)12-30)11-16(26-20)29-8-4-13(5-9-29)17-14-3-2-7-24-18(14)28-27-17/h2-3,7,11,13H,4-6,8-10,12H2,1H3,(H,24,27,28). The minimum Gasteiger partial charge on any atom is -0.467 e. The lowest BCUT2D eigenvalue weighted by molar-refractivity contribution is 0.0119. The number of carbonyl (C=O) groups excluding carboxylic acids is 1. The molecule has 1 N–H and O–H groups in total. The van der Waals surface area contributed by atoms with E-state index in [4.69, 9.17) is 4.74 Å². The number of nitrogens with zero attached hydrogens (tertiary/aromatic N) is 6. The molecule has 1 amide bonds. The number of rotatable bonds is 4. The van der Waals surface area contributed by atoms with E-state index in [-0.39, 0.29) is 24.7 Å². The van der Waals surface area contributed by atoms with Gasteiger partial charge in [0.25, 0.3) is 11.8 Å². The second-order valence-electron chi connectivity index (χ2n) is 8.20. The van der Waals surface area contributed by atoms with E-state index < -0.39 is 18.4 Å². The molecule has 11 heteroatoms. The van der Waals surface area contributed by atoms with Crippen molar-refractivity contribution in [2.24, 2.45) is 0 Å². The van der Waals surface area contributed by atoms with Crippen LogP contribution in [-0.2, 0) is 0 Å². The highest BCUT2D eigenvalue weighted by Crippen LogP contribution is 2.33. The van der Waals surface area contributed by atoms with E-state index >= 15 is 0 Å². The molecule has 168 valence electrons. The second kappa shape index (κ2) is 7.95. The zero-order chi connectivity index (χ0) is 22.3. The van der Waals surface area contributed by atoms with Crippen molar-refractivity contribution in [1.29, 1.82) is 0 Å². The number of hydrogen-bond acceptors (Lipinski definition) is 7. The highest BCUT2D eigenvalue weighted by Gasteiger charge is 2.41. The molecule has 0 radical (unpaired) electrons. The van der Waals surface area contributed by atoms with Gasteiger partial charge in [-0.25, -0.2) is 13.8 Å². The Kier molecular flexibility index (Phi) is 5.10. The molecule has 32 heavy (non-hydrogen) atoms. The fourth-order valence-electron chi connectivity index (χ4n) is 4.43. The lowest BCUT2D eigenvalue weighted by atomic mass is 9.92. The number of alkyl halides is 2. The summed E-state index contributed by atoms with van der Waals surface area (Å²) in [4.78, 5) is 28.8. The number of likely N-dealkylation sites (tertiary alicyclic amines) is 1. The van der Waals surface area contributed by atoms with Crippen molar-refractivity contribution in [2.45, 2.75) is 31.1 Å². The van der Waals surface area contributed by atoms with Crippen LogP contribution in [0.15, 0.2) is 24.4 Å². The van der Waals surface area contributed by atoms with E-state index in [0.29, 0.717) is 30.5 Å². The molecule has 0 aliphatic carbocycles. The predicted molar refractivity (Wildman–Crippen MR) is 112 cm³/mol. The van der Waals surface area contributed by atoms with Crippen LogP contribution in [-0.4, -0.2) is 75.2 Å². The molecule has 2 aliphatic rings. The van der Waals surface area contributed by atoms with Crippen LogP contribution in [0, 0.1) is 0 Å². The maximum absolute atomic E-state index is 13.6. The smallest absolute Gasteiger partial charge is 0.318 e. The lowest BCUT2D eigenvalue weighted by Crippen LogP contribution is -2.35. The van der Waals surface area contributed by atoms with Gasteiger partial charge < -0.3 is 14.5 Å². The summed E-state index contributed by atoms with van der Waals surface area (Å²) in [5.74, 6) is -2.53. The summed E-state index contributed by atoms with van der Waals surface area (Å²) in [6, 6.07) is 5.53. The third kappa shape index (κ3) is 3.82. The molecule has 9 nitrogen and oxygen atoms in total. The Bertz CT molecular complexity index is 1140. The van der Waals surface area contributed by atoms with Crippen LogP contribution in [0.2, 0.25) is 0 Å². The number of nitrogens with one attached hydrogen (secondary N) is 1. The summed E-state index contributed by atoms with van der Waals surface area (Å²) in [6.45, 7) is 0.833. The van der Waals surface area contributed by atoms with Gasteiger partial charge in [-0.3, -0.25) is 9.89 Å². The van der Waals surface area contributed by atoms with E-state index in [1.807, 2.05) is 12.1 Å². The number of hydrogen-bond donors (Lipinski definition) is 1. The van der Waals surface area contributed by atoms with E-state index in [1.165, 1.54) is 7.11 Å². The Morgan fingerprint density at radius 3 is 2.78 bits per heavy atom. The Hall–Kier alpha value is -3.37. The maximum atomic E-state index is 13.6. The lowest BCUT2D eigenvalue weighted by Gasteiger charge is -2.32. The number of pyridine rings is 1. The molecule has 0 aromatic carbocycles. The molecular formula is C21H23F2N7O2. The zero-order valence-corrected chi connectivity index (χ0v) is 17.6. The van der Waals surface area contributed by atoms with Gasteiger partial charge in [0.05, 0.1) is 13.7 Å². The van der Waals surface area contributed by atoms with Gasteiger partial charge in [-0.2, -0.15) is 15.1 Å². The predicted octanol–water partition coefficient (Wildman–Crippen LogP) is 2.62. The van der Waals surface area contributed by atoms with Crippen molar-refractivity contribution in [3.8, 4) is 6.01 Å². The van der Waals surface area contributed by atoms with Crippen LogP contribution in [0.5, 0.6) is 6.01 Å². The van der Waals surface area contributed by atoms with Crippen LogP contribution in [0.3, 0.4) is 0 Å². The molecule has 3 aromatic rings. The molecule has 2 saturated heterocycles. The van der Waals surface area contributed by atoms with Crippen LogP contribution in [0.4, 0.5) is 14.6 Å². The summed E-state index contributed by atoms with van der Waals surface area (Å²) >= 11 is 0. The number of anilines is 1. The van der Waals surface area contributed by atoms with E-state index in [2.05, 4.69) is 30.0 Å². The van der Waals surface area contributed by atoms with Crippen LogP contribution >= 0.6 is 0 Å². The van der Waals surface area contributed by atoms with E-state index in [9.17, 15) is 13.6 Å². The number of piperidine rings is 1. The molecule has 0 unspecified atom stereocenters. The molecule has 5 heterocycles. The summed E-state index contributed by atoms with van der Waals surface area (Å²) in [5, 5.41) is 8.45. The zero-order valence-electron chi connectivity index (χ0n) is 17.6. The number of H-pyrrole nitrogens is 1. The largest absolute Gasteiger partial charge is 0.467 e. The molecule has 0 bridgehead atoms. The normalized spacial score (nSPS) is 19.0. The molecule has 2 aliphatic heterocycles. The number of halogens is 2. The van der Waals surface area contributed by atoms with Crippen LogP contribution < -0.4 is 9.64 Å². The fourth-order valence-corrected chi connectivity index (χ4v) is 4.43. The highest BCUT2D eigenvalue weighted by atomic mass is 19.3. The molecule has 0 spiro atoms. The Morgan fingerprint density at radius 1 is 1.25 bits per heavy atom. The fraction of sp³-hybridized carbons (Fsp3) is 0.476. The van der Waals surface area contributed by atoms with Gasteiger partial charge in [0, 0.05) is 55.3 Å². The van der Waals surface area contributed by atoms with E-state index in [1.54, 1.807) is 12.3 Å². The van der Waals surface area contributed by atoms with Gasteiger partial charge in [0.15, 0.2) is 5.65 Å². The second-order valence-corrected chi connectivity index (χ2v) is 8.20. The first-order valence-corrected chi connectivity index (χ1v) is 10.6. The average molecular weight is 443 g/mol. The summed E-state index contributed by atoms with van der Waals surface area (Å²) in [5.41, 5.74) is 1.86. The highest BCUT2D eigenvalue weighted by molar-refractivity contribution is 5.93. The van der Waals surface area contributed by atoms with Crippen molar-refractivity contribution in [3.63, 3.8) is 0 Å². The summed E-state index contributed by atoms with van der Waals surface area (Å²) in [7, 11) is 1.42. The average Bonchev–Trinajstić information content (AvgIpc) is 3.41. The van der Waals surface area contributed by atoms with Crippen molar-refractivity contribution in [3.05, 3.63) is 35.8 Å². The van der Waals surface area contributed by atoms with Gasteiger partial charge in [0.2, 0.25) is 0 Å². The third-order valence-electron chi connectivity index (χ3n) is 6.14. The van der Waals surface area contributed by atoms with Gasteiger partial charge in [-0.05, 0) is 25.0 Å². The summed E-state index contributed by atoms with van der Waals surface area (Å²) < 4.78 is 32.3. The van der Waals surface area contributed by atoms with Crippen LogP contribution in [0.25, 0.3) is 11.0 Å². The minimum absolute atomic E-state index is 0.00583. The Labute approximate surface area is 182 Å². The Balaban J connectivity index is 1.33. The van der Waals surface area contributed by atoms with Gasteiger partial charge in [-0.15, -0.1) is 0 Å². The van der Waals surface area contributed by atoms with Crippen molar-refractivity contribution in [2.75, 3.05) is 38.2 Å². The van der Waals surface area contributed by atoms with Crippen molar-refractivity contribution >= 4 is 22.8 Å². The van der Waals surface area contributed by atoms with Crippen LogP contribution in [0.1, 0.15) is 41.4 Å². The monoisotopic (exact) mass is 443 g/mol. The first-order chi connectivity index (χ1) is 15.4. The van der Waals surface area contributed by atoms with E-state index in [0.717, 1.165) is 28.8 Å². The van der Waals surface area contributed by atoms with Gasteiger partial charge >= 0.3 is 6.01 Å². The number of ether oxygens (including phenoxy) is 1. The van der Waals surface area contributed by atoms with Crippen molar-refractivity contribution in [1.82, 2.24) is 30.0 Å². The number of methoxy groups -OCH3 is 1. The molecular weight excluding hydrogens is 420 g/mol. The minimum atomic E-state index is -2.86. The van der Waals surface area contributed by atoms with Crippen molar-refractivity contribution < 1.29 is 18.3 Å². The molecule has 5 rings (SSSR count). The quantitative estimate of drug-likeness (QED) is 0.662. The van der Waals surface area contributed by atoms with Gasteiger partial charge in [-0.1, -0.05) is 0 Å². The SMILES string of the molecule is COc1nc(C(=O)N2CCC(F)(F)C2)cc(N2CCC(c3[nH]nc4ncccc34)CC2)n1. The topological polar surface area (TPSA) is 100 Å². The molecule has 2 fully saturated rings. The third-order valence-corrected chi connectivity index (χ3v) is 6.14. The number of carbonyl (C=O) groups is 1. The number of fused-ring (bicyclic) bond motifs is 1. The molecule has 3 aromatic heterocycles. The van der Waals surface area contributed by atoms with Gasteiger partial charge in [0.1, 0.15) is 11.5 Å². The number of aromatic amines is 1. The molecule has 0 saturated carbocycles.